The Hall–Kier alpha value is -2.25. The summed E-state index contributed by atoms with van der Waals surface area (Å²) in [7, 11) is 1.69. The Morgan fingerprint density at radius 3 is 1.71 bits per heavy atom. The van der Waals surface area contributed by atoms with E-state index in [0.717, 1.165) is 33.0 Å². The van der Waals surface area contributed by atoms with Crippen molar-refractivity contribution < 1.29 is 4.74 Å². The summed E-state index contributed by atoms with van der Waals surface area (Å²) in [6, 6.07) is 24.2. The Morgan fingerprint density at radius 1 is 0.619 bits per heavy atom. The lowest BCUT2D eigenvalue weighted by Crippen LogP contribution is -1.90. The second kappa shape index (κ2) is 6.02. The van der Waals surface area contributed by atoms with Crippen LogP contribution in [0.2, 0.25) is 5.02 Å². The minimum absolute atomic E-state index is 0.750. The van der Waals surface area contributed by atoms with Crippen molar-refractivity contribution in [3.8, 4) is 28.0 Å². The van der Waals surface area contributed by atoms with Crippen molar-refractivity contribution in [2.75, 3.05) is 7.11 Å². The first-order valence-electron chi connectivity index (χ1n) is 6.78. The summed E-state index contributed by atoms with van der Waals surface area (Å²) in [5.41, 5.74) is 4.31. The standard InChI is InChI=1S/C19H15ClO/c1-21-19-13-7-5-11-17(19)15-9-3-2-8-14(15)16-10-4-6-12-18(16)20/h2-13H,1H3. The molecule has 0 fully saturated rings. The zero-order valence-corrected chi connectivity index (χ0v) is 12.5. The van der Waals surface area contributed by atoms with Gasteiger partial charge in [-0.3, -0.25) is 0 Å². The molecular formula is C19H15ClO. The number of halogens is 1. The van der Waals surface area contributed by atoms with Crippen molar-refractivity contribution in [3.63, 3.8) is 0 Å². The van der Waals surface area contributed by atoms with Gasteiger partial charge in [-0.2, -0.15) is 0 Å². The molecule has 104 valence electrons. The fourth-order valence-electron chi connectivity index (χ4n) is 2.50. The van der Waals surface area contributed by atoms with Crippen LogP contribution in [-0.4, -0.2) is 7.11 Å². The second-order valence-electron chi connectivity index (χ2n) is 4.73. The van der Waals surface area contributed by atoms with Gasteiger partial charge in [-0.25, -0.2) is 0 Å². The Bertz CT molecular complexity index is 765. The molecule has 3 aromatic carbocycles. The Balaban J connectivity index is 2.24. The van der Waals surface area contributed by atoms with Gasteiger partial charge in [-0.1, -0.05) is 72.3 Å². The summed E-state index contributed by atoms with van der Waals surface area (Å²) in [6.07, 6.45) is 0. The molecule has 0 spiro atoms. The first-order chi connectivity index (χ1) is 10.3. The van der Waals surface area contributed by atoms with Crippen LogP contribution in [0.5, 0.6) is 5.75 Å². The first-order valence-corrected chi connectivity index (χ1v) is 7.16. The molecule has 0 saturated carbocycles. The van der Waals surface area contributed by atoms with Crippen LogP contribution >= 0.6 is 11.6 Å². The average molecular weight is 295 g/mol. The SMILES string of the molecule is COc1ccccc1-c1ccccc1-c1ccccc1Cl. The maximum Gasteiger partial charge on any atom is 0.126 e. The summed E-state index contributed by atoms with van der Waals surface area (Å²) in [4.78, 5) is 0. The van der Waals surface area contributed by atoms with Gasteiger partial charge < -0.3 is 4.74 Å². The third kappa shape index (κ3) is 2.65. The summed E-state index contributed by atoms with van der Waals surface area (Å²) >= 11 is 6.36. The average Bonchev–Trinajstić information content (AvgIpc) is 2.55. The molecule has 0 bridgehead atoms. The molecule has 1 nitrogen and oxygen atoms in total. The third-order valence-corrected chi connectivity index (χ3v) is 3.82. The summed E-state index contributed by atoms with van der Waals surface area (Å²) < 4.78 is 5.49. The van der Waals surface area contributed by atoms with Gasteiger partial charge in [0, 0.05) is 16.1 Å². The number of methoxy groups -OCH3 is 1. The van der Waals surface area contributed by atoms with E-state index < -0.39 is 0 Å². The van der Waals surface area contributed by atoms with E-state index in [4.69, 9.17) is 16.3 Å². The molecule has 0 atom stereocenters. The maximum absolute atomic E-state index is 6.36. The van der Waals surface area contributed by atoms with Gasteiger partial charge in [0.05, 0.1) is 7.11 Å². The quantitative estimate of drug-likeness (QED) is 0.603. The lowest BCUT2D eigenvalue weighted by atomic mass is 9.94. The van der Waals surface area contributed by atoms with Crippen LogP contribution in [0, 0.1) is 0 Å². The van der Waals surface area contributed by atoms with Crippen LogP contribution < -0.4 is 4.74 Å². The van der Waals surface area contributed by atoms with Crippen molar-refractivity contribution in [1.82, 2.24) is 0 Å². The number of rotatable bonds is 3. The van der Waals surface area contributed by atoms with Gasteiger partial charge in [0.1, 0.15) is 5.75 Å². The van der Waals surface area contributed by atoms with Crippen molar-refractivity contribution >= 4 is 11.6 Å². The van der Waals surface area contributed by atoms with Crippen LogP contribution in [0.15, 0.2) is 72.8 Å². The molecule has 21 heavy (non-hydrogen) atoms. The minimum Gasteiger partial charge on any atom is -0.496 e. The fraction of sp³-hybridized carbons (Fsp3) is 0.0526. The zero-order chi connectivity index (χ0) is 14.7. The van der Waals surface area contributed by atoms with Crippen LogP contribution in [-0.2, 0) is 0 Å². The summed E-state index contributed by atoms with van der Waals surface area (Å²) in [6.45, 7) is 0. The summed E-state index contributed by atoms with van der Waals surface area (Å²) in [5, 5.41) is 0.750. The number of hydrogen-bond acceptors (Lipinski definition) is 1. The van der Waals surface area contributed by atoms with Gasteiger partial charge in [-0.05, 0) is 23.3 Å². The van der Waals surface area contributed by atoms with Crippen LogP contribution in [0.4, 0.5) is 0 Å². The lowest BCUT2D eigenvalue weighted by molar-refractivity contribution is 0.416. The van der Waals surface area contributed by atoms with Gasteiger partial charge in [-0.15, -0.1) is 0 Å². The van der Waals surface area contributed by atoms with E-state index in [2.05, 4.69) is 18.2 Å². The smallest absolute Gasteiger partial charge is 0.126 e. The molecule has 0 heterocycles. The Labute approximate surface area is 129 Å². The van der Waals surface area contributed by atoms with E-state index in [-0.39, 0.29) is 0 Å². The van der Waals surface area contributed by atoms with E-state index in [1.807, 2.05) is 54.6 Å². The topological polar surface area (TPSA) is 9.23 Å². The molecular weight excluding hydrogens is 280 g/mol. The highest BCUT2D eigenvalue weighted by atomic mass is 35.5. The molecule has 0 saturated heterocycles. The molecule has 0 aromatic heterocycles. The van der Waals surface area contributed by atoms with Crippen molar-refractivity contribution in [3.05, 3.63) is 77.8 Å². The van der Waals surface area contributed by atoms with E-state index in [9.17, 15) is 0 Å². The predicted molar refractivity (Wildman–Crippen MR) is 88.9 cm³/mol. The zero-order valence-electron chi connectivity index (χ0n) is 11.7. The fourth-order valence-corrected chi connectivity index (χ4v) is 2.74. The number of hydrogen-bond donors (Lipinski definition) is 0. The lowest BCUT2D eigenvalue weighted by Gasteiger charge is -2.14. The number of para-hydroxylation sites is 1. The third-order valence-electron chi connectivity index (χ3n) is 3.49. The largest absolute Gasteiger partial charge is 0.496 e. The van der Waals surface area contributed by atoms with Crippen LogP contribution in [0.25, 0.3) is 22.3 Å². The molecule has 0 N–H and O–H groups in total. The van der Waals surface area contributed by atoms with Gasteiger partial charge in [0.2, 0.25) is 0 Å². The molecule has 0 aliphatic carbocycles. The first kappa shape index (κ1) is 13.7. The van der Waals surface area contributed by atoms with Crippen LogP contribution in [0.1, 0.15) is 0 Å². The normalized spacial score (nSPS) is 10.4. The second-order valence-corrected chi connectivity index (χ2v) is 5.13. The monoisotopic (exact) mass is 294 g/mol. The Kier molecular flexibility index (Phi) is 3.94. The number of ether oxygens (including phenoxy) is 1. The molecule has 3 aromatic rings. The Morgan fingerprint density at radius 2 is 1.10 bits per heavy atom. The minimum atomic E-state index is 0.750. The highest BCUT2D eigenvalue weighted by Crippen LogP contribution is 2.39. The summed E-state index contributed by atoms with van der Waals surface area (Å²) in [5.74, 6) is 0.858. The maximum atomic E-state index is 6.36. The molecule has 0 aliphatic heterocycles. The van der Waals surface area contributed by atoms with Crippen LogP contribution in [0.3, 0.4) is 0 Å². The number of benzene rings is 3. The van der Waals surface area contributed by atoms with Gasteiger partial charge in [0.25, 0.3) is 0 Å². The molecule has 3 rings (SSSR count). The molecule has 0 aliphatic rings. The van der Waals surface area contributed by atoms with Crippen molar-refractivity contribution in [1.29, 1.82) is 0 Å². The highest BCUT2D eigenvalue weighted by molar-refractivity contribution is 6.33. The van der Waals surface area contributed by atoms with E-state index in [0.29, 0.717) is 0 Å². The van der Waals surface area contributed by atoms with Gasteiger partial charge >= 0.3 is 0 Å². The molecule has 0 radical (unpaired) electrons. The van der Waals surface area contributed by atoms with E-state index >= 15 is 0 Å². The predicted octanol–water partition coefficient (Wildman–Crippen LogP) is 5.68. The highest BCUT2D eigenvalue weighted by Gasteiger charge is 2.12. The van der Waals surface area contributed by atoms with E-state index in [1.165, 1.54) is 0 Å². The van der Waals surface area contributed by atoms with E-state index in [1.54, 1.807) is 7.11 Å². The van der Waals surface area contributed by atoms with Crippen molar-refractivity contribution in [2.45, 2.75) is 0 Å². The van der Waals surface area contributed by atoms with Crippen molar-refractivity contribution in [2.24, 2.45) is 0 Å². The van der Waals surface area contributed by atoms with Gasteiger partial charge in [0.15, 0.2) is 0 Å². The molecule has 2 heteroatoms. The molecule has 0 unspecified atom stereocenters. The molecule has 0 amide bonds.